The van der Waals surface area contributed by atoms with Crippen molar-refractivity contribution in [2.75, 3.05) is 19.3 Å². The van der Waals surface area contributed by atoms with Crippen LogP contribution in [0.3, 0.4) is 0 Å². The maximum atomic E-state index is 9.23. The summed E-state index contributed by atoms with van der Waals surface area (Å²) in [4.78, 5) is 2.05. The molecule has 0 bridgehead atoms. The molecule has 0 aliphatic carbocycles. The van der Waals surface area contributed by atoms with Gasteiger partial charge in [-0.1, -0.05) is 22.0 Å². The van der Waals surface area contributed by atoms with Crippen LogP contribution in [0.15, 0.2) is 22.7 Å². The molecule has 0 amide bonds. The number of benzene rings is 1. The molecule has 15 heavy (non-hydrogen) atoms. The van der Waals surface area contributed by atoms with Crippen LogP contribution in [0.5, 0.6) is 0 Å². The third kappa shape index (κ3) is 4.20. The summed E-state index contributed by atoms with van der Waals surface area (Å²) in [6, 6.07) is 5.87. The second-order valence-electron chi connectivity index (χ2n) is 3.89. The summed E-state index contributed by atoms with van der Waals surface area (Å²) in [6.45, 7) is 3.18. The lowest BCUT2D eigenvalue weighted by molar-refractivity contribution is 0.138. The van der Waals surface area contributed by atoms with E-state index in [4.69, 9.17) is 5.73 Å². The van der Waals surface area contributed by atoms with Crippen molar-refractivity contribution in [3.63, 3.8) is 0 Å². The van der Waals surface area contributed by atoms with Crippen LogP contribution in [0.2, 0.25) is 0 Å². The topological polar surface area (TPSA) is 49.5 Å². The molecular formula is C11H17BrN2O. The minimum Gasteiger partial charge on any atom is -0.398 e. The van der Waals surface area contributed by atoms with Crippen molar-refractivity contribution in [3.05, 3.63) is 28.2 Å². The van der Waals surface area contributed by atoms with E-state index in [2.05, 4.69) is 15.9 Å². The molecule has 3 nitrogen and oxygen atoms in total. The molecule has 0 spiro atoms. The van der Waals surface area contributed by atoms with Gasteiger partial charge in [-0.2, -0.15) is 0 Å². The zero-order chi connectivity index (χ0) is 11.4. The Bertz CT molecular complexity index is 328. The summed E-state index contributed by atoms with van der Waals surface area (Å²) in [5, 5.41) is 9.23. The summed E-state index contributed by atoms with van der Waals surface area (Å²) >= 11 is 3.37. The fourth-order valence-corrected chi connectivity index (χ4v) is 1.89. The zero-order valence-corrected chi connectivity index (χ0v) is 10.7. The predicted molar refractivity (Wildman–Crippen MR) is 66.6 cm³/mol. The Morgan fingerprint density at radius 2 is 2.20 bits per heavy atom. The number of nitrogens with zero attached hydrogens (tertiary/aromatic N) is 1. The molecule has 0 fully saturated rings. The Labute approximate surface area is 99.0 Å². The van der Waals surface area contributed by atoms with Crippen molar-refractivity contribution in [3.8, 4) is 0 Å². The predicted octanol–water partition coefficient (Wildman–Crippen LogP) is 1.84. The number of halogens is 1. The molecule has 1 rings (SSSR count). The van der Waals surface area contributed by atoms with Gasteiger partial charge in [-0.15, -0.1) is 0 Å². The van der Waals surface area contributed by atoms with Crippen molar-refractivity contribution < 1.29 is 5.11 Å². The number of rotatable bonds is 4. The third-order valence-electron chi connectivity index (χ3n) is 2.12. The first-order valence-corrected chi connectivity index (χ1v) is 5.69. The van der Waals surface area contributed by atoms with E-state index in [9.17, 15) is 5.11 Å². The van der Waals surface area contributed by atoms with Crippen LogP contribution >= 0.6 is 15.9 Å². The first kappa shape index (κ1) is 12.5. The van der Waals surface area contributed by atoms with Crippen LogP contribution in [0.25, 0.3) is 0 Å². The number of hydrogen-bond acceptors (Lipinski definition) is 3. The van der Waals surface area contributed by atoms with Gasteiger partial charge in [0, 0.05) is 23.2 Å². The molecule has 0 saturated carbocycles. The van der Waals surface area contributed by atoms with Gasteiger partial charge in [-0.3, -0.25) is 4.90 Å². The summed E-state index contributed by atoms with van der Waals surface area (Å²) in [6.07, 6.45) is -0.313. The highest BCUT2D eigenvalue weighted by Gasteiger charge is 2.06. The highest BCUT2D eigenvalue weighted by Crippen LogP contribution is 2.19. The van der Waals surface area contributed by atoms with E-state index in [1.54, 1.807) is 6.92 Å². The fraction of sp³-hybridized carbons (Fsp3) is 0.455. The average Bonchev–Trinajstić information content (AvgIpc) is 2.08. The molecule has 4 heteroatoms. The smallest absolute Gasteiger partial charge is 0.0639 e. The molecule has 1 aromatic rings. The molecule has 0 saturated heterocycles. The van der Waals surface area contributed by atoms with Crippen LogP contribution in [0, 0.1) is 0 Å². The van der Waals surface area contributed by atoms with Gasteiger partial charge in [-0.05, 0) is 31.7 Å². The second kappa shape index (κ2) is 5.49. The normalized spacial score (nSPS) is 13.1. The lowest BCUT2D eigenvalue weighted by Crippen LogP contribution is -2.27. The average molecular weight is 273 g/mol. The number of likely N-dealkylation sites (N-methyl/N-ethyl adjacent to an activating group) is 1. The minimum atomic E-state index is -0.313. The highest BCUT2D eigenvalue weighted by atomic mass is 79.9. The van der Waals surface area contributed by atoms with Gasteiger partial charge in [0.2, 0.25) is 0 Å². The van der Waals surface area contributed by atoms with Crippen LogP contribution in [0.4, 0.5) is 5.69 Å². The van der Waals surface area contributed by atoms with Crippen molar-refractivity contribution in [2.24, 2.45) is 0 Å². The Kier molecular flexibility index (Phi) is 4.57. The number of aliphatic hydroxyl groups is 1. The Hall–Kier alpha value is -0.580. The van der Waals surface area contributed by atoms with Gasteiger partial charge in [0.15, 0.2) is 0 Å². The van der Waals surface area contributed by atoms with E-state index in [0.29, 0.717) is 6.54 Å². The van der Waals surface area contributed by atoms with Crippen molar-refractivity contribution in [1.29, 1.82) is 0 Å². The summed E-state index contributed by atoms with van der Waals surface area (Å²) in [7, 11) is 1.97. The summed E-state index contributed by atoms with van der Waals surface area (Å²) in [5.74, 6) is 0. The van der Waals surface area contributed by atoms with Crippen LogP contribution < -0.4 is 5.73 Å². The Morgan fingerprint density at radius 1 is 1.53 bits per heavy atom. The third-order valence-corrected chi connectivity index (χ3v) is 2.62. The molecule has 0 radical (unpaired) electrons. The minimum absolute atomic E-state index is 0.313. The number of aliphatic hydroxyl groups excluding tert-OH is 1. The first-order valence-electron chi connectivity index (χ1n) is 4.89. The standard InChI is InChI=1S/C11H17BrN2O/c1-8(15)6-14(2)7-9-3-4-10(12)5-11(9)13/h3-5,8,15H,6-7,13H2,1-2H3. The first-order chi connectivity index (χ1) is 6.99. The maximum Gasteiger partial charge on any atom is 0.0639 e. The van der Waals surface area contributed by atoms with Gasteiger partial charge in [0.25, 0.3) is 0 Å². The molecule has 0 aliphatic heterocycles. The molecule has 0 aromatic heterocycles. The molecule has 84 valence electrons. The number of nitrogens with two attached hydrogens (primary N) is 1. The second-order valence-corrected chi connectivity index (χ2v) is 4.80. The summed E-state index contributed by atoms with van der Waals surface area (Å²) < 4.78 is 0.988. The van der Waals surface area contributed by atoms with Crippen LogP contribution in [-0.2, 0) is 6.54 Å². The van der Waals surface area contributed by atoms with E-state index >= 15 is 0 Å². The number of anilines is 1. The Balaban J connectivity index is 2.64. The molecule has 1 atom stereocenters. The Morgan fingerprint density at radius 3 is 2.73 bits per heavy atom. The summed E-state index contributed by atoms with van der Waals surface area (Å²) in [5.41, 5.74) is 7.75. The molecular weight excluding hydrogens is 256 g/mol. The van der Waals surface area contributed by atoms with Crippen LogP contribution in [-0.4, -0.2) is 29.7 Å². The molecule has 3 N–H and O–H groups in total. The SMILES string of the molecule is CC(O)CN(C)Cc1ccc(Br)cc1N. The van der Waals surface area contributed by atoms with Gasteiger partial charge in [0.05, 0.1) is 6.10 Å². The largest absolute Gasteiger partial charge is 0.398 e. The molecule has 1 unspecified atom stereocenters. The molecule has 0 heterocycles. The quantitative estimate of drug-likeness (QED) is 0.823. The van der Waals surface area contributed by atoms with E-state index in [1.165, 1.54) is 0 Å². The highest BCUT2D eigenvalue weighted by molar-refractivity contribution is 9.10. The van der Waals surface area contributed by atoms with Gasteiger partial charge in [-0.25, -0.2) is 0 Å². The maximum absolute atomic E-state index is 9.23. The monoisotopic (exact) mass is 272 g/mol. The lowest BCUT2D eigenvalue weighted by Gasteiger charge is -2.19. The number of nitrogen functional groups attached to an aromatic ring is 1. The molecule has 1 aromatic carbocycles. The number of hydrogen-bond donors (Lipinski definition) is 2. The van der Waals surface area contributed by atoms with Crippen LogP contribution in [0.1, 0.15) is 12.5 Å². The van der Waals surface area contributed by atoms with Gasteiger partial charge in [0.1, 0.15) is 0 Å². The molecule has 0 aliphatic rings. The van der Waals surface area contributed by atoms with E-state index in [1.807, 2.05) is 30.1 Å². The van der Waals surface area contributed by atoms with E-state index in [0.717, 1.165) is 22.3 Å². The van der Waals surface area contributed by atoms with Crippen molar-refractivity contribution in [2.45, 2.75) is 19.6 Å². The van der Waals surface area contributed by atoms with Crippen molar-refractivity contribution in [1.82, 2.24) is 4.90 Å². The fourth-order valence-electron chi connectivity index (χ4n) is 1.52. The van der Waals surface area contributed by atoms with Gasteiger partial charge >= 0.3 is 0 Å². The zero-order valence-electron chi connectivity index (χ0n) is 9.07. The van der Waals surface area contributed by atoms with Gasteiger partial charge < -0.3 is 10.8 Å². The lowest BCUT2D eigenvalue weighted by atomic mass is 10.1. The van der Waals surface area contributed by atoms with E-state index in [-0.39, 0.29) is 6.10 Å². The van der Waals surface area contributed by atoms with E-state index < -0.39 is 0 Å². The van der Waals surface area contributed by atoms with Crippen molar-refractivity contribution >= 4 is 21.6 Å².